The van der Waals surface area contributed by atoms with E-state index in [2.05, 4.69) is 26.0 Å². The summed E-state index contributed by atoms with van der Waals surface area (Å²) in [4.78, 5) is 3.79. The summed E-state index contributed by atoms with van der Waals surface area (Å²) in [6.07, 6.45) is 1.55. The molecule has 0 radical (unpaired) electrons. The SMILES string of the molecule is Oc1nccc2c(Br)c(-c3ccccc3)nn12. The average Bonchev–Trinajstić information content (AvgIpc) is 2.70. The van der Waals surface area contributed by atoms with Crippen molar-refractivity contribution in [1.29, 1.82) is 0 Å². The smallest absolute Gasteiger partial charge is 0.315 e. The Morgan fingerprint density at radius 2 is 1.88 bits per heavy atom. The van der Waals surface area contributed by atoms with Crippen molar-refractivity contribution >= 4 is 21.4 Å². The monoisotopic (exact) mass is 289 g/mol. The molecule has 3 rings (SSSR count). The molecule has 0 fully saturated rings. The lowest BCUT2D eigenvalue weighted by Crippen LogP contribution is -1.90. The van der Waals surface area contributed by atoms with E-state index in [1.54, 1.807) is 12.3 Å². The van der Waals surface area contributed by atoms with Crippen molar-refractivity contribution in [2.45, 2.75) is 0 Å². The zero-order valence-corrected chi connectivity index (χ0v) is 10.3. The summed E-state index contributed by atoms with van der Waals surface area (Å²) < 4.78 is 2.26. The highest BCUT2D eigenvalue weighted by molar-refractivity contribution is 9.10. The van der Waals surface area contributed by atoms with Gasteiger partial charge in [-0.2, -0.15) is 9.61 Å². The first-order valence-electron chi connectivity index (χ1n) is 5.05. The molecule has 0 unspecified atom stereocenters. The van der Waals surface area contributed by atoms with E-state index in [1.807, 2.05) is 30.3 Å². The van der Waals surface area contributed by atoms with Crippen molar-refractivity contribution in [1.82, 2.24) is 14.6 Å². The molecule has 4 nitrogen and oxygen atoms in total. The molecule has 0 spiro atoms. The third-order valence-electron chi connectivity index (χ3n) is 2.52. The van der Waals surface area contributed by atoms with Crippen molar-refractivity contribution in [3.05, 3.63) is 47.1 Å². The third kappa shape index (κ3) is 1.59. The largest absolute Gasteiger partial charge is 0.479 e. The maximum absolute atomic E-state index is 9.62. The minimum atomic E-state index is -0.120. The van der Waals surface area contributed by atoms with Crippen LogP contribution in [0.4, 0.5) is 0 Å². The zero-order valence-electron chi connectivity index (χ0n) is 8.71. The van der Waals surface area contributed by atoms with Gasteiger partial charge >= 0.3 is 6.01 Å². The van der Waals surface area contributed by atoms with Gasteiger partial charge in [-0.15, -0.1) is 0 Å². The molecule has 0 saturated heterocycles. The summed E-state index contributed by atoms with van der Waals surface area (Å²) >= 11 is 3.50. The highest BCUT2D eigenvalue weighted by atomic mass is 79.9. The minimum absolute atomic E-state index is 0.120. The Morgan fingerprint density at radius 3 is 2.59 bits per heavy atom. The molecule has 5 heteroatoms. The van der Waals surface area contributed by atoms with Crippen LogP contribution in [0.2, 0.25) is 0 Å². The predicted molar refractivity (Wildman–Crippen MR) is 67.8 cm³/mol. The molecule has 0 bridgehead atoms. The van der Waals surface area contributed by atoms with Gasteiger partial charge in [0.2, 0.25) is 0 Å². The topological polar surface area (TPSA) is 50.4 Å². The van der Waals surface area contributed by atoms with E-state index in [-0.39, 0.29) is 6.01 Å². The Bertz CT molecular complexity index is 679. The number of benzene rings is 1. The fourth-order valence-electron chi connectivity index (χ4n) is 1.72. The molecule has 0 aliphatic carbocycles. The normalized spacial score (nSPS) is 10.9. The number of fused-ring (bicyclic) bond motifs is 1. The molecule has 1 N–H and O–H groups in total. The standard InChI is InChI=1S/C12H8BrN3O/c13-10-9-6-7-14-12(17)16(9)15-11(10)8-4-2-1-3-5-8/h1-7H,(H,14,17). The second kappa shape index (κ2) is 3.85. The second-order valence-electron chi connectivity index (χ2n) is 3.57. The molecule has 0 amide bonds. The molecule has 2 aromatic heterocycles. The van der Waals surface area contributed by atoms with Crippen LogP contribution >= 0.6 is 15.9 Å². The number of nitrogens with zero attached hydrogens (tertiary/aromatic N) is 3. The van der Waals surface area contributed by atoms with E-state index in [0.717, 1.165) is 21.2 Å². The summed E-state index contributed by atoms with van der Waals surface area (Å²) in [6, 6.07) is 11.5. The van der Waals surface area contributed by atoms with Gasteiger partial charge < -0.3 is 5.11 Å². The Labute approximate surface area is 106 Å². The van der Waals surface area contributed by atoms with Crippen LogP contribution in [0.5, 0.6) is 6.01 Å². The van der Waals surface area contributed by atoms with Crippen molar-refractivity contribution < 1.29 is 5.11 Å². The van der Waals surface area contributed by atoms with Crippen LogP contribution in [0, 0.1) is 0 Å². The van der Waals surface area contributed by atoms with E-state index in [1.165, 1.54) is 4.52 Å². The molecule has 3 aromatic rings. The molecule has 0 saturated carbocycles. The minimum Gasteiger partial charge on any atom is -0.479 e. The van der Waals surface area contributed by atoms with Gasteiger partial charge in [0.25, 0.3) is 0 Å². The van der Waals surface area contributed by atoms with Gasteiger partial charge in [-0.25, -0.2) is 4.98 Å². The van der Waals surface area contributed by atoms with Crippen molar-refractivity contribution in [3.8, 4) is 17.3 Å². The van der Waals surface area contributed by atoms with Crippen LogP contribution in [0.25, 0.3) is 16.8 Å². The van der Waals surface area contributed by atoms with Crippen molar-refractivity contribution in [2.75, 3.05) is 0 Å². The highest BCUT2D eigenvalue weighted by Gasteiger charge is 2.13. The third-order valence-corrected chi connectivity index (χ3v) is 3.30. The second-order valence-corrected chi connectivity index (χ2v) is 4.36. The van der Waals surface area contributed by atoms with Gasteiger partial charge in [0.05, 0.1) is 9.99 Å². The Hall–Kier alpha value is -1.88. The molecule has 2 heterocycles. The molecule has 1 aromatic carbocycles. The van der Waals surface area contributed by atoms with Crippen molar-refractivity contribution in [3.63, 3.8) is 0 Å². The number of aromatic nitrogens is 3. The molecule has 0 aliphatic rings. The first-order chi connectivity index (χ1) is 8.27. The summed E-state index contributed by atoms with van der Waals surface area (Å²) in [5.74, 6) is 0. The number of hydrogen-bond donors (Lipinski definition) is 1. The fourth-order valence-corrected chi connectivity index (χ4v) is 2.33. The van der Waals surface area contributed by atoms with Gasteiger partial charge in [-0.3, -0.25) is 0 Å². The van der Waals surface area contributed by atoms with Gasteiger partial charge in [-0.1, -0.05) is 30.3 Å². The van der Waals surface area contributed by atoms with E-state index in [4.69, 9.17) is 0 Å². The molecule has 0 aliphatic heterocycles. The van der Waals surface area contributed by atoms with Gasteiger partial charge in [0.15, 0.2) is 0 Å². The molecule has 84 valence electrons. The van der Waals surface area contributed by atoms with Gasteiger partial charge in [0, 0.05) is 11.8 Å². The fraction of sp³-hybridized carbons (Fsp3) is 0. The Kier molecular flexibility index (Phi) is 2.33. The summed E-state index contributed by atoms with van der Waals surface area (Å²) in [7, 11) is 0. The molecular formula is C12H8BrN3O. The quantitative estimate of drug-likeness (QED) is 0.749. The summed E-state index contributed by atoms with van der Waals surface area (Å²) in [5, 5.41) is 14.0. The van der Waals surface area contributed by atoms with Crippen LogP contribution in [-0.4, -0.2) is 19.7 Å². The van der Waals surface area contributed by atoms with E-state index >= 15 is 0 Å². The first kappa shape index (κ1) is 10.3. The Balaban J connectivity index is 2.32. The van der Waals surface area contributed by atoms with Crippen molar-refractivity contribution in [2.24, 2.45) is 0 Å². The first-order valence-corrected chi connectivity index (χ1v) is 5.84. The average molecular weight is 290 g/mol. The molecule has 17 heavy (non-hydrogen) atoms. The van der Waals surface area contributed by atoms with Gasteiger partial charge in [0.1, 0.15) is 5.69 Å². The number of hydrogen-bond acceptors (Lipinski definition) is 3. The van der Waals surface area contributed by atoms with Gasteiger partial charge in [-0.05, 0) is 22.0 Å². The maximum Gasteiger partial charge on any atom is 0.315 e. The lowest BCUT2D eigenvalue weighted by atomic mass is 10.1. The van der Waals surface area contributed by atoms with Crippen LogP contribution in [0.1, 0.15) is 0 Å². The van der Waals surface area contributed by atoms with E-state index in [9.17, 15) is 5.11 Å². The van der Waals surface area contributed by atoms with Crippen LogP contribution in [0.15, 0.2) is 47.1 Å². The highest BCUT2D eigenvalue weighted by Crippen LogP contribution is 2.31. The zero-order chi connectivity index (χ0) is 11.8. The van der Waals surface area contributed by atoms with E-state index < -0.39 is 0 Å². The van der Waals surface area contributed by atoms with Crippen LogP contribution in [0.3, 0.4) is 0 Å². The lowest BCUT2D eigenvalue weighted by molar-refractivity contribution is 0.413. The molecular weight excluding hydrogens is 282 g/mol. The number of halogens is 1. The summed E-state index contributed by atoms with van der Waals surface area (Å²) in [5.41, 5.74) is 2.56. The van der Waals surface area contributed by atoms with Crippen LogP contribution < -0.4 is 0 Å². The lowest BCUT2D eigenvalue weighted by Gasteiger charge is -1.95. The Morgan fingerprint density at radius 1 is 1.12 bits per heavy atom. The van der Waals surface area contributed by atoms with Crippen LogP contribution in [-0.2, 0) is 0 Å². The predicted octanol–water partition coefficient (Wildman–Crippen LogP) is 2.86. The summed E-state index contributed by atoms with van der Waals surface area (Å²) in [6.45, 7) is 0. The molecule has 0 atom stereocenters. The number of aromatic hydroxyl groups is 1. The maximum atomic E-state index is 9.62. The van der Waals surface area contributed by atoms with E-state index in [0.29, 0.717) is 0 Å². The number of rotatable bonds is 1.